The maximum absolute atomic E-state index is 12.7. The lowest BCUT2D eigenvalue weighted by Gasteiger charge is -2.39. The van der Waals surface area contributed by atoms with Crippen molar-refractivity contribution in [3.8, 4) is 0 Å². The van der Waals surface area contributed by atoms with Crippen LogP contribution in [0.3, 0.4) is 0 Å². The summed E-state index contributed by atoms with van der Waals surface area (Å²) in [6.07, 6.45) is 32.9. The molecule has 10 nitrogen and oxygen atoms in total. The van der Waals surface area contributed by atoms with Crippen molar-refractivity contribution < 1.29 is 49.0 Å². The van der Waals surface area contributed by atoms with E-state index < -0.39 is 55.4 Å². The van der Waals surface area contributed by atoms with Gasteiger partial charge in [-0.2, -0.15) is 0 Å². The fourth-order valence-electron chi connectivity index (χ4n) is 6.45. The first-order chi connectivity index (χ1) is 26.8. The Morgan fingerprint density at radius 2 is 1.02 bits per heavy atom. The van der Waals surface area contributed by atoms with E-state index >= 15 is 0 Å². The third-order valence-corrected chi connectivity index (χ3v) is 10.00. The van der Waals surface area contributed by atoms with Crippen molar-refractivity contribution in [1.29, 1.82) is 0 Å². The molecule has 0 bridgehead atoms. The number of rotatable bonds is 36. The first-order valence-electron chi connectivity index (χ1n) is 22.1. The van der Waals surface area contributed by atoms with E-state index in [1.807, 2.05) is 0 Å². The third-order valence-electron chi connectivity index (χ3n) is 10.00. The minimum atomic E-state index is -1.60. The molecule has 1 saturated heterocycles. The number of aliphatic hydroxyl groups excluding tert-OH is 4. The lowest BCUT2D eigenvalue weighted by molar-refractivity contribution is -0.305. The first-order valence-corrected chi connectivity index (χ1v) is 22.1. The molecule has 10 heteroatoms. The summed E-state index contributed by atoms with van der Waals surface area (Å²) in [4.78, 5) is 25.3. The summed E-state index contributed by atoms with van der Waals surface area (Å²) in [5, 5.41) is 40.0. The predicted molar refractivity (Wildman–Crippen MR) is 219 cm³/mol. The number of hydrogen-bond donors (Lipinski definition) is 4. The Bertz CT molecular complexity index is 996. The van der Waals surface area contributed by atoms with Crippen molar-refractivity contribution in [3.05, 3.63) is 36.5 Å². The van der Waals surface area contributed by atoms with Crippen molar-refractivity contribution >= 4 is 11.9 Å². The maximum Gasteiger partial charge on any atom is 0.306 e. The standard InChI is InChI=1S/C45H80O10/c1-3-5-7-9-11-13-15-17-19-21-23-25-27-29-31-33-40(47)52-36-38(37-53-45-44(51)43(50)42(49)39(35-46)55-45)54-41(48)34-32-30-28-26-24-22-20-18-16-14-12-10-8-6-4-2/h11,13,17-20,38-39,42-46,49-51H,3-10,12,14-16,21-37H2,1-2H3/b13-11-,19-17-,20-18-/t38-,39+,42-,43-,44+,45-/m0/s1. The summed E-state index contributed by atoms with van der Waals surface area (Å²) in [5.74, 6) is -0.832. The van der Waals surface area contributed by atoms with Crippen molar-refractivity contribution in [3.63, 3.8) is 0 Å². The molecule has 0 aromatic rings. The normalized spacial score (nSPS) is 20.9. The highest BCUT2D eigenvalue weighted by Crippen LogP contribution is 2.22. The molecule has 1 rings (SSSR count). The monoisotopic (exact) mass is 781 g/mol. The molecule has 1 heterocycles. The van der Waals surface area contributed by atoms with E-state index in [-0.39, 0.29) is 26.1 Å². The summed E-state index contributed by atoms with van der Waals surface area (Å²) >= 11 is 0. The third kappa shape index (κ3) is 28.0. The summed E-state index contributed by atoms with van der Waals surface area (Å²) in [7, 11) is 0. The molecule has 0 amide bonds. The summed E-state index contributed by atoms with van der Waals surface area (Å²) in [5.41, 5.74) is 0. The average Bonchev–Trinajstić information content (AvgIpc) is 3.18. The van der Waals surface area contributed by atoms with Crippen LogP contribution in [0.5, 0.6) is 0 Å². The van der Waals surface area contributed by atoms with Gasteiger partial charge in [-0.05, 0) is 70.6 Å². The molecule has 0 aliphatic carbocycles. The van der Waals surface area contributed by atoms with Crippen LogP contribution in [0.4, 0.5) is 0 Å². The van der Waals surface area contributed by atoms with Gasteiger partial charge in [0.2, 0.25) is 0 Å². The van der Waals surface area contributed by atoms with Crippen LogP contribution in [0.15, 0.2) is 36.5 Å². The number of unbranched alkanes of at least 4 members (excludes halogenated alkanes) is 19. The SMILES string of the molecule is CCCCC/C=C\C/C=C\CCCCCCCC(=O)OC[C@@H](CO[C@H]1O[C@H](CO)[C@H](O)[C@H](O)[C@H]1O)OC(=O)CCCCCCC/C=C\CCCCCCCC. The van der Waals surface area contributed by atoms with Gasteiger partial charge in [-0.3, -0.25) is 9.59 Å². The number of carbonyl (C=O) groups is 2. The van der Waals surface area contributed by atoms with E-state index in [1.54, 1.807) is 0 Å². The van der Waals surface area contributed by atoms with E-state index in [2.05, 4.69) is 50.3 Å². The van der Waals surface area contributed by atoms with Gasteiger partial charge in [-0.1, -0.05) is 134 Å². The highest BCUT2D eigenvalue weighted by atomic mass is 16.7. The second kappa shape index (κ2) is 36.3. The Kier molecular flexibility index (Phi) is 33.6. The van der Waals surface area contributed by atoms with Crippen LogP contribution in [0.1, 0.15) is 181 Å². The molecule has 6 atom stereocenters. The molecule has 0 saturated carbocycles. The Morgan fingerprint density at radius 1 is 0.564 bits per heavy atom. The molecule has 55 heavy (non-hydrogen) atoms. The van der Waals surface area contributed by atoms with E-state index in [1.165, 1.54) is 70.6 Å². The van der Waals surface area contributed by atoms with Crippen LogP contribution in [-0.2, 0) is 28.5 Å². The van der Waals surface area contributed by atoms with Crippen molar-refractivity contribution in [1.82, 2.24) is 0 Å². The quantitative estimate of drug-likeness (QED) is 0.0275. The maximum atomic E-state index is 12.7. The second-order valence-corrected chi connectivity index (χ2v) is 15.1. The van der Waals surface area contributed by atoms with Crippen LogP contribution in [0.25, 0.3) is 0 Å². The first kappa shape index (κ1) is 50.9. The number of ether oxygens (including phenoxy) is 4. The highest BCUT2D eigenvalue weighted by Gasteiger charge is 2.44. The molecule has 0 radical (unpaired) electrons. The number of allylic oxidation sites excluding steroid dienone is 6. The van der Waals surface area contributed by atoms with Gasteiger partial charge < -0.3 is 39.4 Å². The van der Waals surface area contributed by atoms with Gasteiger partial charge in [-0.15, -0.1) is 0 Å². The van der Waals surface area contributed by atoms with Crippen molar-refractivity contribution in [2.24, 2.45) is 0 Å². The van der Waals surface area contributed by atoms with Crippen LogP contribution < -0.4 is 0 Å². The topological polar surface area (TPSA) is 152 Å². The molecule has 0 aromatic carbocycles. The summed E-state index contributed by atoms with van der Waals surface area (Å²) < 4.78 is 22.1. The summed E-state index contributed by atoms with van der Waals surface area (Å²) in [6, 6.07) is 0. The predicted octanol–water partition coefficient (Wildman–Crippen LogP) is 9.11. The minimum Gasteiger partial charge on any atom is -0.462 e. The molecule has 0 aromatic heterocycles. The zero-order valence-corrected chi connectivity index (χ0v) is 34.7. The van der Waals surface area contributed by atoms with Gasteiger partial charge in [0.05, 0.1) is 13.2 Å². The van der Waals surface area contributed by atoms with Gasteiger partial charge in [0.15, 0.2) is 12.4 Å². The van der Waals surface area contributed by atoms with Crippen LogP contribution >= 0.6 is 0 Å². The summed E-state index contributed by atoms with van der Waals surface area (Å²) in [6.45, 7) is 3.36. The van der Waals surface area contributed by atoms with Crippen molar-refractivity contribution in [2.75, 3.05) is 19.8 Å². The average molecular weight is 781 g/mol. The molecule has 1 aliphatic heterocycles. The smallest absolute Gasteiger partial charge is 0.306 e. The highest BCUT2D eigenvalue weighted by molar-refractivity contribution is 5.70. The van der Waals surface area contributed by atoms with Crippen LogP contribution in [0.2, 0.25) is 0 Å². The van der Waals surface area contributed by atoms with E-state index in [0.717, 1.165) is 70.6 Å². The molecular formula is C45H80O10. The Labute approximate surface area is 334 Å². The van der Waals surface area contributed by atoms with Crippen molar-refractivity contribution in [2.45, 2.75) is 218 Å². The Hall–Kier alpha value is -2.08. The van der Waals surface area contributed by atoms with Gasteiger partial charge in [0, 0.05) is 12.8 Å². The molecule has 0 unspecified atom stereocenters. The fraction of sp³-hybridized carbons (Fsp3) is 0.822. The molecule has 4 N–H and O–H groups in total. The number of aliphatic hydroxyl groups is 4. The number of carbonyl (C=O) groups excluding carboxylic acids is 2. The lowest BCUT2D eigenvalue weighted by Crippen LogP contribution is -2.59. The number of hydrogen-bond acceptors (Lipinski definition) is 10. The van der Waals surface area contributed by atoms with Gasteiger partial charge in [-0.25, -0.2) is 0 Å². The largest absolute Gasteiger partial charge is 0.462 e. The second-order valence-electron chi connectivity index (χ2n) is 15.1. The Morgan fingerprint density at radius 3 is 1.56 bits per heavy atom. The number of esters is 2. The van der Waals surface area contributed by atoms with Crippen LogP contribution in [0, 0.1) is 0 Å². The molecule has 1 fully saturated rings. The van der Waals surface area contributed by atoms with Gasteiger partial charge in [0.25, 0.3) is 0 Å². The fourth-order valence-corrected chi connectivity index (χ4v) is 6.45. The zero-order valence-electron chi connectivity index (χ0n) is 34.7. The molecule has 320 valence electrons. The van der Waals surface area contributed by atoms with E-state index in [9.17, 15) is 30.0 Å². The van der Waals surface area contributed by atoms with Crippen LogP contribution in [-0.4, -0.2) is 89.0 Å². The van der Waals surface area contributed by atoms with E-state index in [4.69, 9.17) is 18.9 Å². The lowest BCUT2D eigenvalue weighted by atomic mass is 9.99. The Balaban J connectivity index is 2.36. The molecule has 0 spiro atoms. The van der Waals surface area contributed by atoms with E-state index in [0.29, 0.717) is 12.8 Å². The molecule has 1 aliphatic rings. The molecular weight excluding hydrogens is 700 g/mol. The van der Waals surface area contributed by atoms with Gasteiger partial charge in [0.1, 0.15) is 31.0 Å². The van der Waals surface area contributed by atoms with Gasteiger partial charge >= 0.3 is 11.9 Å². The zero-order chi connectivity index (χ0) is 40.2. The minimum absolute atomic E-state index is 0.217.